The maximum atomic E-state index is 12.1. The van der Waals surface area contributed by atoms with Gasteiger partial charge in [-0.3, -0.25) is 4.21 Å². The van der Waals surface area contributed by atoms with Gasteiger partial charge in [0.15, 0.2) is 0 Å². The van der Waals surface area contributed by atoms with Crippen LogP contribution >= 0.6 is 0 Å². The molecule has 2 rings (SSSR count). The van der Waals surface area contributed by atoms with E-state index in [9.17, 15) is 4.21 Å². The molecule has 0 saturated heterocycles. The number of hydrogen-bond donors (Lipinski definition) is 1. The molecule has 2 atom stereocenters. The Morgan fingerprint density at radius 3 is 2.67 bits per heavy atom. The summed E-state index contributed by atoms with van der Waals surface area (Å²) in [7, 11) is 0.520. The molecule has 2 aromatic carbocycles. The quantitative estimate of drug-likeness (QED) is 0.896. The van der Waals surface area contributed by atoms with Crippen molar-refractivity contribution in [1.29, 1.82) is 0 Å². The highest BCUT2D eigenvalue weighted by Crippen LogP contribution is 2.18. The lowest BCUT2D eigenvalue weighted by Gasteiger charge is -2.10. The Bertz CT molecular complexity index is 556. The molecule has 2 unspecified atom stereocenters. The zero-order valence-corrected chi connectivity index (χ0v) is 11.2. The maximum absolute atomic E-state index is 12.1. The van der Waals surface area contributed by atoms with Gasteiger partial charge in [0.05, 0.1) is 17.4 Å². The van der Waals surface area contributed by atoms with Crippen LogP contribution in [0.4, 0.5) is 0 Å². The number of fused-ring (bicyclic) bond motifs is 1. The fraction of sp³-hybridized carbons (Fsp3) is 0.286. The molecule has 4 heteroatoms. The molecule has 0 aliphatic rings. The highest BCUT2D eigenvalue weighted by molar-refractivity contribution is 7.85. The average molecular weight is 263 g/mol. The Labute approximate surface area is 109 Å². The Balaban J connectivity index is 2.17. The van der Waals surface area contributed by atoms with E-state index < -0.39 is 10.8 Å². The van der Waals surface area contributed by atoms with E-state index >= 15 is 0 Å². The maximum Gasteiger partial charge on any atom is 0.0622 e. The average Bonchev–Trinajstić information content (AvgIpc) is 2.38. The van der Waals surface area contributed by atoms with Gasteiger partial charge < -0.3 is 10.5 Å². The van der Waals surface area contributed by atoms with Crippen molar-refractivity contribution in [1.82, 2.24) is 0 Å². The van der Waals surface area contributed by atoms with Gasteiger partial charge in [-0.1, -0.05) is 30.3 Å². The van der Waals surface area contributed by atoms with E-state index in [0.717, 1.165) is 15.7 Å². The van der Waals surface area contributed by atoms with E-state index in [2.05, 4.69) is 0 Å². The van der Waals surface area contributed by atoms with E-state index in [1.165, 1.54) is 0 Å². The third kappa shape index (κ3) is 3.16. The van der Waals surface area contributed by atoms with Crippen LogP contribution in [0, 0.1) is 0 Å². The predicted molar refractivity (Wildman–Crippen MR) is 75.1 cm³/mol. The lowest BCUT2D eigenvalue weighted by atomic mass is 10.1. The smallest absolute Gasteiger partial charge is 0.0622 e. The molecule has 0 fully saturated rings. The number of hydrogen-bond acceptors (Lipinski definition) is 3. The van der Waals surface area contributed by atoms with Crippen molar-refractivity contribution in [3.05, 3.63) is 42.5 Å². The molecule has 3 nitrogen and oxygen atoms in total. The summed E-state index contributed by atoms with van der Waals surface area (Å²) in [5, 5.41) is 2.25. The number of rotatable bonds is 5. The zero-order valence-electron chi connectivity index (χ0n) is 10.3. The van der Waals surface area contributed by atoms with Gasteiger partial charge in [0.1, 0.15) is 0 Å². The molecule has 0 heterocycles. The predicted octanol–water partition coefficient (Wildman–Crippen LogP) is 1.92. The summed E-state index contributed by atoms with van der Waals surface area (Å²) in [6.07, 6.45) is 0. The Kier molecular flexibility index (Phi) is 4.47. The number of benzene rings is 2. The molecule has 0 aliphatic heterocycles. The summed E-state index contributed by atoms with van der Waals surface area (Å²) < 4.78 is 17.1. The standard InChI is InChI=1S/C14H17NO2S/c1-17-9-13(15)10-18(16)14-7-6-11-4-2-3-5-12(11)8-14/h2-8,13H,9-10,15H2,1H3. The van der Waals surface area contributed by atoms with Gasteiger partial charge in [-0.25, -0.2) is 0 Å². The monoisotopic (exact) mass is 263 g/mol. The molecule has 0 aromatic heterocycles. The first-order chi connectivity index (χ1) is 8.70. The van der Waals surface area contributed by atoms with Crippen molar-refractivity contribution in [3.63, 3.8) is 0 Å². The third-order valence-electron chi connectivity index (χ3n) is 2.73. The van der Waals surface area contributed by atoms with Gasteiger partial charge in [0.2, 0.25) is 0 Å². The van der Waals surface area contributed by atoms with Crippen LogP contribution in [0.2, 0.25) is 0 Å². The second-order valence-corrected chi connectivity index (χ2v) is 5.73. The molecule has 96 valence electrons. The van der Waals surface area contributed by atoms with E-state index in [1.54, 1.807) is 7.11 Å². The minimum absolute atomic E-state index is 0.192. The molecule has 0 radical (unpaired) electrons. The number of ether oxygens (including phenoxy) is 1. The topological polar surface area (TPSA) is 52.3 Å². The van der Waals surface area contributed by atoms with Gasteiger partial charge in [0, 0.05) is 23.8 Å². The van der Waals surface area contributed by atoms with Crippen molar-refractivity contribution in [2.75, 3.05) is 19.5 Å². The molecule has 2 N–H and O–H groups in total. The SMILES string of the molecule is COCC(N)CS(=O)c1ccc2ccccc2c1. The normalized spacial score (nSPS) is 14.6. The summed E-state index contributed by atoms with van der Waals surface area (Å²) in [6.45, 7) is 0.430. The van der Waals surface area contributed by atoms with E-state index in [0.29, 0.717) is 12.4 Å². The third-order valence-corrected chi connectivity index (χ3v) is 4.24. The van der Waals surface area contributed by atoms with Crippen molar-refractivity contribution in [3.8, 4) is 0 Å². The number of methoxy groups -OCH3 is 1. The van der Waals surface area contributed by atoms with Gasteiger partial charge in [-0.2, -0.15) is 0 Å². The van der Waals surface area contributed by atoms with Crippen LogP contribution in [0.25, 0.3) is 10.8 Å². The molecule has 0 saturated carbocycles. The lowest BCUT2D eigenvalue weighted by Crippen LogP contribution is -2.31. The van der Waals surface area contributed by atoms with Crippen molar-refractivity contribution < 1.29 is 8.95 Å². The highest BCUT2D eigenvalue weighted by atomic mass is 32.2. The molecular formula is C14H17NO2S. The minimum Gasteiger partial charge on any atom is -0.383 e. The molecule has 18 heavy (non-hydrogen) atoms. The first-order valence-electron chi connectivity index (χ1n) is 5.82. The van der Waals surface area contributed by atoms with Gasteiger partial charge in [-0.05, 0) is 22.9 Å². The van der Waals surface area contributed by atoms with Crippen molar-refractivity contribution in [2.24, 2.45) is 5.73 Å². The molecule has 0 bridgehead atoms. The van der Waals surface area contributed by atoms with Crippen LogP contribution < -0.4 is 5.73 Å². The van der Waals surface area contributed by atoms with Gasteiger partial charge in [0.25, 0.3) is 0 Å². The van der Waals surface area contributed by atoms with Crippen LogP contribution in [0.15, 0.2) is 47.4 Å². The van der Waals surface area contributed by atoms with E-state index in [1.807, 2.05) is 42.5 Å². The minimum atomic E-state index is -1.08. The molecular weight excluding hydrogens is 246 g/mol. The second kappa shape index (κ2) is 6.09. The number of nitrogens with two attached hydrogens (primary N) is 1. The summed E-state index contributed by atoms with van der Waals surface area (Å²) in [6, 6.07) is 13.7. The van der Waals surface area contributed by atoms with E-state index in [4.69, 9.17) is 10.5 Å². The van der Waals surface area contributed by atoms with E-state index in [-0.39, 0.29) is 6.04 Å². The van der Waals surface area contributed by atoms with Gasteiger partial charge in [-0.15, -0.1) is 0 Å². The first kappa shape index (κ1) is 13.2. The van der Waals surface area contributed by atoms with Crippen molar-refractivity contribution in [2.45, 2.75) is 10.9 Å². The Hall–Kier alpha value is -1.23. The van der Waals surface area contributed by atoms with Crippen LogP contribution in [-0.4, -0.2) is 29.7 Å². The summed E-state index contributed by atoms with van der Waals surface area (Å²) in [5.74, 6) is 0.423. The second-order valence-electron chi connectivity index (χ2n) is 4.24. The Morgan fingerprint density at radius 1 is 1.22 bits per heavy atom. The molecule has 0 spiro atoms. The van der Waals surface area contributed by atoms with Gasteiger partial charge >= 0.3 is 0 Å². The summed E-state index contributed by atoms with van der Waals surface area (Å²) >= 11 is 0. The fourth-order valence-corrected chi connectivity index (χ4v) is 3.02. The molecule has 0 aliphatic carbocycles. The molecule has 0 amide bonds. The lowest BCUT2D eigenvalue weighted by molar-refractivity contribution is 0.186. The zero-order chi connectivity index (χ0) is 13.0. The fourth-order valence-electron chi connectivity index (χ4n) is 1.86. The highest BCUT2D eigenvalue weighted by Gasteiger charge is 2.10. The van der Waals surface area contributed by atoms with Crippen LogP contribution in [-0.2, 0) is 15.5 Å². The first-order valence-corrected chi connectivity index (χ1v) is 7.14. The summed E-state index contributed by atoms with van der Waals surface area (Å²) in [4.78, 5) is 0.820. The van der Waals surface area contributed by atoms with Crippen LogP contribution in [0.5, 0.6) is 0 Å². The largest absolute Gasteiger partial charge is 0.383 e. The van der Waals surface area contributed by atoms with Crippen LogP contribution in [0.1, 0.15) is 0 Å². The summed E-state index contributed by atoms with van der Waals surface area (Å²) in [5.41, 5.74) is 5.82. The Morgan fingerprint density at radius 2 is 1.94 bits per heavy atom. The molecule has 2 aromatic rings. The van der Waals surface area contributed by atoms with Crippen molar-refractivity contribution >= 4 is 21.6 Å². The van der Waals surface area contributed by atoms with Crippen LogP contribution in [0.3, 0.4) is 0 Å².